The van der Waals surface area contributed by atoms with Crippen LogP contribution in [-0.4, -0.2) is 24.5 Å². The van der Waals surface area contributed by atoms with Crippen molar-refractivity contribution >= 4 is 17.0 Å². The third-order valence-electron chi connectivity index (χ3n) is 7.29. The predicted molar refractivity (Wildman–Crippen MR) is 160 cm³/mol. The number of anilines is 1. The average molecular weight is 603 g/mol. The third kappa shape index (κ3) is 5.10. The van der Waals surface area contributed by atoms with E-state index in [1.807, 2.05) is 30.3 Å². The summed E-state index contributed by atoms with van der Waals surface area (Å²) < 4.78 is 41.8. The average Bonchev–Trinajstić information content (AvgIpc) is 3.67. The van der Waals surface area contributed by atoms with Crippen LogP contribution in [0.15, 0.2) is 93.8 Å². The van der Waals surface area contributed by atoms with E-state index in [1.54, 1.807) is 43.5 Å². The number of nitrogen functional groups attached to an aromatic ring is 1. The maximum atomic E-state index is 14.1. The lowest BCUT2D eigenvalue weighted by Gasteiger charge is -2.16. The Morgan fingerprint density at radius 3 is 2.00 bits per heavy atom. The van der Waals surface area contributed by atoms with E-state index in [9.17, 15) is 22.8 Å². The highest BCUT2D eigenvalue weighted by Crippen LogP contribution is 2.34. The van der Waals surface area contributed by atoms with Crippen LogP contribution in [0.1, 0.15) is 39.6 Å². The lowest BCUT2D eigenvalue weighted by molar-refractivity contribution is -0.137. The first-order valence-corrected chi connectivity index (χ1v) is 14.1. The van der Waals surface area contributed by atoms with Crippen LogP contribution in [0.25, 0.3) is 22.1 Å². The number of nitrogens with two attached hydrogens (primary N) is 1. The van der Waals surface area contributed by atoms with Crippen molar-refractivity contribution in [3.63, 3.8) is 0 Å². The van der Waals surface area contributed by atoms with E-state index in [0.29, 0.717) is 55.8 Å². The molecule has 3 aromatic carbocycles. The highest BCUT2D eigenvalue weighted by atomic mass is 32.1. The van der Waals surface area contributed by atoms with Crippen molar-refractivity contribution in [1.29, 1.82) is 0 Å². The summed E-state index contributed by atoms with van der Waals surface area (Å²) in [6.07, 6.45) is -4.44. The molecule has 0 saturated carbocycles. The largest absolute Gasteiger partial charge is 0.416 e. The van der Waals surface area contributed by atoms with Crippen molar-refractivity contribution in [1.82, 2.24) is 24.5 Å². The van der Waals surface area contributed by atoms with Crippen LogP contribution in [0.5, 0.6) is 0 Å². The molecule has 12 heteroatoms. The van der Waals surface area contributed by atoms with Crippen molar-refractivity contribution < 1.29 is 13.2 Å². The van der Waals surface area contributed by atoms with E-state index >= 15 is 0 Å². The fraction of sp³-hybridized carbons (Fsp3) is 0.129. The van der Waals surface area contributed by atoms with Gasteiger partial charge in [-0.15, -0.1) is 11.3 Å². The Morgan fingerprint density at radius 2 is 1.40 bits per heavy atom. The van der Waals surface area contributed by atoms with Crippen molar-refractivity contribution in [3.05, 3.63) is 139 Å². The lowest BCUT2D eigenvalue weighted by Crippen LogP contribution is -2.25. The monoisotopic (exact) mass is 602 g/mol. The molecule has 0 amide bonds. The molecule has 0 aliphatic carbocycles. The number of halogens is 3. The van der Waals surface area contributed by atoms with Crippen molar-refractivity contribution in [2.45, 2.75) is 25.9 Å². The molecule has 1 unspecified atom stereocenters. The molecule has 6 aromatic rings. The number of nitrogens with one attached hydrogen (secondary N) is 2. The summed E-state index contributed by atoms with van der Waals surface area (Å²) in [6, 6.07) is 20.8. The molecule has 6 rings (SSSR count). The molecule has 0 fully saturated rings. The molecule has 218 valence electrons. The van der Waals surface area contributed by atoms with Crippen molar-refractivity contribution in [3.8, 4) is 22.1 Å². The summed E-state index contributed by atoms with van der Waals surface area (Å²) in [5.74, 6) is -0.742. The third-order valence-corrected chi connectivity index (χ3v) is 8.11. The molecule has 0 radical (unpaired) electrons. The maximum Gasteiger partial charge on any atom is 0.416 e. The molecular formula is C31H25F3N6O2S. The van der Waals surface area contributed by atoms with Gasteiger partial charge in [-0.3, -0.25) is 19.8 Å². The van der Waals surface area contributed by atoms with Crippen LogP contribution in [-0.2, 0) is 6.18 Å². The van der Waals surface area contributed by atoms with Gasteiger partial charge in [0.1, 0.15) is 0 Å². The summed E-state index contributed by atoms with van der Waals surface area (Å²) in [7, 11) is 0. The minimum atomic E-state index is -4.44. The Kier molecular flexibility index (Phi) is 6.93. The van der Waals surface area contributed by atoms with Crippen LogP contribution < -0.4 is 16.9 Å². The minimum Gasteiger partial charge on any atom is -0.399 e. The number of H-pyrrole nitrogens is 2. The number of thiazole rings is 1. The highest BCUT2D eigenvalue weighted by Gasteiger charge is 2.32. The van der Waals surface area contributed by atoms with Crippen LogP contribution in [0.3, 0.4) is 0 Å². The quantitative estimate of drug-likeness (QED) is 0.198. The number of benzene rings is 3. The summed E-state index contributed by atoms with van der Waals surface area (Å²) >= 11 is 1.17. The van der Waals surface area contributed by atoms with Gasteiger partial charge in [-0.05, 0) is 55.8 Å². The van der Waals surface area contributed by atoms with E-state index in [0.717, 1.165) is 12.1 Å². The molecule has 0 aliphatic rings. The Morgan fingerprint density at radius 1 is 0.814 bits per heavy atom. The second-order valence-corrected chi connectivity index (χ2v) is 10.9. The predicted octanol–water partition coefficient (Wildman–Crippen LogP) is 6.17. The van der Waals surface area contributed by atoms with Crippen LogP contribution in [0.2, 0.25) is 0 Å². The van der Waals surface area contributed by atoms with Gasteiger partial charge in [0.2, 0.25) is 5.13 Å². The van der Waals surface area contributed by atoms with E-state index in [-0.39, 0.29) is 5.56 Å². The Hall–Kier alpha value is -5.10. The van der Waals surface area contributed by atoms with Crippen LogP contribution in [0, 0.1) is 13.8 Å². The van der Waals surface area contributed by atoms with Gasteiger partial charge >= 0.3 is 6.18 Å². The molecule has 3 heterocycles. The summed E-state index contributed by atoms with van der Waals surface area (Å²) in [4.78, 5) is 32.5. The van der Waals surface area contributed by atoms with Gasteiger partial charge in [0.25, 0.3) is 11.1 Å². The zero-order chi connectivity index (χ0) is 30.5. The molecule has 0 saturated heterocycles. The van der Waals surface area contributed by atoms with Crippen LogP contribution >= 0.6 is 11.3 Å². The van der Waals surface area contributed by atoms with Gasteiger partial charge in [-0.2, -0.15) is 17.9 Å². The molecule has 4 N–H and O–H groups in total. The molecule has 3 aromatic heterocycles. The van der Waals surface area contributed by atoms with Gasteiger partial charge in [-0.1, -0.05) is 42.5 Å². The minimum absolute atomic E-state index is 0.295. The van der Waals surface area contributed by atoms with Crippen molar-refractivity contribution in [2.24, 2.45) is 0 Å². The van der Waals surface area contributed by atoms with Gasteiger partial charge < -0.3 is 5.73 Å². The second kappa shape index (κ2) is 10.6. The SMILES string of the molecule is Cc1[nH]n(-c2ccccc2)c(=O)c1C(c1ccc(N)cc1)c1c(C)[nH]n(-c2nc(-c3ccc(C(F)(F)F)cc3)cs2)c1=O. The molecule has 43 heavy (non-hydrogen) atoms. The number of nitrogens with zero attached hydrogens (tertiary/aromatic N) is 3. The number of alkyl halides is 3. The number of hydrogen-bond donors (Lipinski definition) is 3. The number of hydrogen-bond acceptors (Lipinski definition) is 5. The smallest absolute Gasteiger partial charge is 0.399 e. The molecule has 8 nitrogen and oxygen atoms in total. The zero-order valence-electron chi connectivity index (χ0n) is 22.9. The topological polar surface area (TPSA) is 114 Å². The Bertz CT molecular complexity index is 2030. The number of aromatic nitrogens is 5. The van der Waals surface area contributed by atoms with Crippen molar-refractivity contribution in [2.75, 3.05) is 5.73 Å². The summed E-state index contributed by atoms with van der Waals surface area (Å²) in [5, 5.41) is 8.22. The first-order valence-electron chi connectivity index (χ1n) is 13.2. The Balaban J connectivity index is 1.46. The molecule has 0 spiro atoms. The fourth-order valence-corrected chi connectivity index (χ4v) is 5.98. The highest BCUT2D eigenvalue weighted by molar-refractivity contribution is 7.12. The van der Waals surface area contributed by atoms with E-state index in [2.05, 4.69) is 15.2 Å². The first-order chi connectivity index (χ1) is 20.5. The lowest BCUT2D eigenvalue weighted by atomic mass is 9.85. The normalized spacial score (nSPS) is 12.5. The van der Waals surface area contributed by atoms with Gasteiger partial charge in [0, 0.05) is 33.9 Å². The van der Waals surface area contributed by atoms with Gasteiger partial charge in [0.05, 0.1) is 28.1 Å². The Labute approximate surface area is 246 Å². The number of aryl methyl sites for hydroxylation is 2. The summed E-state index contributed by atoms with van der Waals surface area (Å²) in [6.45, 7) is 3.54. The number of para-hydroxylation sites is 1. The van der Waals surface area contributed by atoms with E-state index in [1.165, 1.54) is 32.8 Å². The van der Waals surface area contributed by atoms with Gasteiger partial charge in [-0.25, -0.2) is 9.67 Å². The molecule has 0 bridgehead atoms. The van der Waals surface area contributed by atoms with E-state index < -0.39 is 23.2 Å². The first kappa shape index (κ1) is 28.0. The van der Waals surface area contributed by atoms with Crippen LogP contribution in [0.4, 0.5) is 18.9 Å². The second-order valence-electron chi connectivity index (χ2n) is 10.1. The fourth-order valence-electron chi connectivity index (χ4n) is 5.19. The summed E-state index contributed by atoms with van der Waals surface area (Å²) in [5.41, 5.74) is 9.20. The molecule has 0 aliphatic heterocycles. The number of rotatable bonds is 6. The maximum absolute atomic E-state index is 14.1. The van der Waals surface area contributed by atoms with Gasteiger partial charge in [0.15, 0.2) is 0 Å². The molecular weight excluding hydrogens is 577 g/mol. The molecule has 1 atom stereocenters. The number of aromatic amines is 2. The standard InChI is InChI=1S/C31H25F3N6O2S/c1-17-25(28(41)39(37-17)23-6-4-3-5-7-23)27(20-10-14-22(35)15-11-20)26-18(2)38-40(29(26)42)30-36-24(16-43-30)19-8-12-21(13-9-19)31(32,33)34/h3-16,27,37-38H,35H2,1-2H3. The van der Waals surface area contributed by atoms with E-state index in [4.69, 9.17) is 5.73 Å². The zero-order valence-corrected chi connectivity index (χ0v) is 23.8.